The molecule has 0 saturated heterocycles. The number of aromatic nitrogens is 2. The van der Waals surface area contributed by atoms with E-state index in [4.69, 9.17) is 9.47 Å². The van der Waals surface area contributed by atoms with Crippen LogP contribution in [0.2, 0.25) is 0 Å². The van der Waals surface area contributed by atoms with Crippen molar-refractivity contribution >= 4 is 5.91 Å². The summed E-state index contributed by atoms with van der Waals surface area (Å²) in [6, 6.07) is 2.16. The Bertz CT molecular complexity index is 602. The van der Waals surface area contributed by atoms with Gasteiger partial charge in [-0.05, 0) is 11.8 Å². The average Bonchev–Trinajstić information content (AvgIpc) is 2.53. The van der Waals surface area contributed by atoms with Crippen LogP contribution in [0.15, 0.2) is 30.2 Å². The lowest BCUT2D eigenvalue weighted by atomic mass is 10.1. The van der Waals surface area contributed by atoms with Gasteiger partial charge in [0.05, 0.1) is 19.9 Å². The Morgan fingerprint density at radius 2 is 1.71 bits per heavy atom. The highest BCUT2D eigenvalue weighted by Gasteiger charge is 2.12. The molecule has 1 aliphatic rings. The first-order valence-corrected chi connectivity index (χ1v) is 7.72. The van der Waals surface area contributed by atoms with Crippen molar-refractivity contribution in [3.63, 3.8) is 0 Å². The number of rotatable bonds is 4. The fourth-order valence-corrected chi connectivity index (χ4v) is 1.79. The van der Waals surface area contributed by atoms with Gasteiger partial charge in [0.25, 0.3) is 5.91 Å². The number of ether oxygens (including phenoxy) is 2. The van der Waals surface area contributed by atoms with E-state index in [1.165, 1.54) is 0 Å². The van der Waals surface area contributed by atoms with Crippen molar-refractivity contribution in [2.24, 2.45) is 5.92 Å². The second-order valence-electron chi connectivity index (χ2n) is 5.82. The second kappa shape index (κ2) is 8.90. The lowest BCUT2D eigenvalue weighted by Gasteiger charge is -2.20. The Morgan fingerprint density at radius 1 is 1.04 bits per heavy atom. The number of hydrogen-bond acceptors (Lipinski definition) is 6. The van der Waals surface area contributed by atoms with Gasteiger partial charge in [0.1, 0.15) is 5.82 Å². The van der Waals surface area contributed by atoms with Crippen LogP contribution in [0.25, 0.3) is 0 Å². The van der Waals surface area contributed by atoms with Crippen LogP contribution in [0, 0.1) is 5.92 Å². The highest BCUT2D eigenvalue weighted by Crippen LogP contribution is 2.19. The number of methoxy groups -OCH3 is 2. The van der Waals surface area contributed by atoms with Crippen LogP contribution in [0.5, 0.6) is 11.9 Å². The fraction of sp³-hybridized carbons (Fsp3) is 0.471. The van der Waals surface area contributed by atoms with Gasteiger partial charge < -0.3 is 20.1 Å². The van der Waals surface area contributed by atoms with Gasteiger partial charge in [-0.15, -0.1) is 0 Å². The number of nitrogens with zero attached hydrogens (tertiary/aromatic N) is 2. The number of allylic oxidation sites excluding steroid dienone is 1. The molecule has 0 fully saturated rings. The molecule has 1 amide bonds. The topological polar surface area (TPSA) is 85.4 Å². The van der Waals surface area contributed by atoms with E-state index in [1.54, 1.807) is 20.3 Å². The normalized spacial score (nSPS) is 13.6. The van der Waals surface area contributed by atoms with Gasteiger partial charge in [0, 0.05) is 17.8 Å². The number of carbonyl (C=O) groups is 1. The molecule has 0 spiro atoms. The summed E-state index contributed by atoms with van der Waals surface area (Å²) < 4.78 is 9.96. The van der Waals surface area contributed by atoms with Crippen molar-refractivity contribution in [1.82, 2.24) is 20.6 Å². The molecule has 24 heavy (non-hydrogen) atoms. The van der Waals surface area contributed by atoms with Gasteiger partial charge in [0.15, 0.2) is 0 Å². The number of hydrogen-bond donors (Lipinski definition) is 2. The van der Waals surface area contributed by atoms with E-state index in [1.807, 2.05) is 19.9 Å². The van der Waals surface area contributed by atoms with Gasteiger partial charge >= 0.3 is 6.01 Å². The fourth-order valence-electron chi connectivity index (χ4n) is 1.79. The van der Waals surface area contributed by atoms with Crippen molar-refractivity contribution in [3.8, 4) is 11.9 Å². The molecule has 0 bridgehead atoms. The summed E-state index contributed by atoms with van der Waals surface area (Å²) in [5, 5.41) is 5.52. The molecule has 2 rings (SSSR count). The monoisotopic (exact) mass is 334 g/mol. The summed E-state index contributed by atoms with van der Waals surface area (Å²) in [4.78, 5) is 19.1. The average molecular weight is 334 g/mol. The molecule has 0 aliphatic carbocycles. The largest absolute Gasteiger partial charge is 0.481 e. The Hall–Kier alpha value is -2.57. The Labute approximate surface area is 143 Å². The maximum atomic E-state index is 10.9. The molecule has 7 nitrogen and oxygen atoms in total. The predicted octanol–water partition coefficient (Wildman–Crippen LogP) is 2.33. The van der Waals surface area contributed by atoms with Gasteiger partial charge in [-0.2, -0.15) is 9.97 Å². The van der Waals surface area contributed by atoms with Crippen LogP contribution in [0.4, 0.5) is 0 Å². The molecule has 132 valence electrons. The van der Waals surface area contributed by atoms with E-state index in [-0.39, 0.29) is 5.91 Å². The van der Waals surface area contributed by atoms with Crippen molar-refractivity contribution in [3.05, 3.63) is 35.9 Å². The van der Waals surface area contributed by atoms with Gasteiger partial charge in [0.2, 0.25) is 5.88 Å². The summed E-state index contributed by atoms with van der Waals surface area (Å²) in [5.41, 5.74) is 1.84. The molecule has 1 aromatic heterocycles. The predicted molar refractivity (Wildman–Crippen MR) is 92.6 cm³/mol. The molecular weight excluding hydrogens is 308 g/mol. The zero-order chi connectivity index (χ0) is 18.3. The summed E-state index contributed by atoms with van der Waals surface area (Å²) in [5.74, 6) is 1.66. The van der Waals surface area contributed by atoms with Gasteiger partial charge in [-0.1, -0.05) is 34.3 Å². The maximum Gasteiger partial charge on any atom is 0.319 e. The molecule has 0 saturated carbocycles. The van der Waals surface area contributed by atoms with Crippen LogP contribution in [-0.4, -0.2) is 30.1 Å². The van der Waals surface area contributed by atoms with Crippen LogP contribution in [-0.2, 0) is 4.79 Å². The quantitative estimate of drug-likeness (QED) is 0.879. The third-order valence-corrected chi connectivity index (χ3v) is 3.16. The Morgan fingerprint density at radius 3 is 2.17 bits per heavy atom. The summed E-state index contributed by atoms with van der Waals surface area (Å²) in [7, 11) is 3.12. The Kier molecular flexibility index (Phi) is 7.23. The standard InChI is InChI=1S/C9H14N2O2.C8H12N2O/c1-6(2)7-5-8(12-3)11-9(10-7)13-4;1-5(2)7-4-8(11)10-6(3)9-7/h5-6H,1-4H3;4-5,9H,3H2,1-2H3,(H,10,11). The van der Waals surface area contributed by atoms with E-state index in [9.17, 15) is 4.79 Å². The first kappa shape index (κ1) is 19.5. The first-order valence-electron chi connectivity index (χ1n) is 7.72. The summed E-state index contributed by atoms with van der Waals surface area (Å²) >= 11 is 0. The zero-order valence-electron chi connectivity index (χ0n) is 15.1. The van der Waals surface area contributed by atoms with Crippen LogP contribution in [0.1, 0.15) is 39.3 Å². The van der Waals surface area contributed by atoms with E-state index in [2.05, 4.69) is 41.0 Å². The van der Waals surface area contributed by atoms with E-state index < -0.39 is 0 Å². The van der Waals surface area contributed by atoms with E-state index in [0.717, 1.165) is 11.4 Å². The molecular formula is C17H26N4O3. The van der Waals surface area contributed by atoms with Crippen molar-refractivity contribution in [1.29, 1.82) is 0 Å². The van der Waals surface area contributed by atoms with Gasteiger partial charge in [-0.25, -0.2) is 0 Å². The lowest BCUT2D eigenvalue weighted by Crippen LogP contribution is -2.36. The highest BCUT2D eigenvalue weighted by molar-refractivity contribution is 5.90. The minimum Gasteiger partial charge on any atom is -0.481 e. The number of amides is 1. The molecule has 1 aliphatic heterocycles. The Balaban J connectivity index is 0.000000243. The first-order chi connectivity index (χ1) is 11.3. The summed E-state index contributed by atoms with van der Waals surface area (Å²) in [6.07, 6.45) is 1.55. The third kappa shape index (κ3) is 5.91. The van der Waals surface area contributed by atoms with Crippen molar-refractivity contribution in [2.45, 2.75) is 33.6 Å². The molecule has 2 heterocycles. The van der Waals surface area contributed by atoms with Gasteiger partial charge in [-0.3, -0.25) is 4.79 Å². The zero-order valence-corrected chi connectivity index (χ0v) is 15.1. The van der Waals surface area contributed by atoms with Crippen LogP contribution < -0.4 is 20.1 Å². The molecule has 2 N–H and O–H groups in total. The van der Waals surface area contributed by atoms with Crippen molar-refractivity contribution < 1.29 is 14.3 Å². The smallest absolute Gasteiger partial charge is 0.319 e. The highest BCUT2D eigenvalue weighted by atomic mass is 16.5. The molecule has 0 aromatic carbocycles. The molecule has 1 aromatic rings. The minimum atomic E-state index is -0.0996. The molecule has 7 heteroatoms. The third-order valence-electron chi connectivity index (χ3n) is 3.16. The minimum absolute atomic E-state index is 0.0996. The second-order valence-corrected chi connectivity index (χ2v) is 5.82. The summed E-state index contributed by atoms with van der Waals surface area (Å²) in [6.45, 7) is 11.8. The lowest BCUT2D eigenvalue weighted by molar-refractivity contribution is -0.116. The molecule has 0 unspecified atom stereocenters. The molecule has 0 radical (unpaired) electrons. The van der Waals surface area contributed by atoms with Crippen LogP contribution >= 0.6 is 0 Å². The van der Waals surface area contributed by atoms with Crippen molar-refractivity contribution in [2.75, 3.05) is 14.2 Å². The maximum absolute atomic E-state index is 10.9. The van der Waals surface area contributed by atoms with E-state index >= 15 is 0 Å². The van der Waals surface area contributed by atoms with Crippen LogP contribution in [0.3, 0.4) is 0 Å². The number of carbonyl (C=O) groups excluding carboxylic acids is 1. The van der Waals surface area contributed by atoms with E-state index in [0.29, 0.717) is 29.5 Å². The SMILES string of the molecule is C=C1NC(=O)C=C(C(C)C)N1.COc1cc(C(C)C)nc(OC)n1. The molecule has 0 atom stereocenters. The number of nitrogens with one attached hydrogen (secondary N) is 2.